The van der Waals surface area contributed by atoms with E-state index in [0.29, 0.717) is 22.5 Å². The fourth-order valence-electron chi connectivity index (χ4n) is 2.56. The zero-order valence-electron chi connectivity index (χ0n) is 12.7. The fraction of sp³-hybridized carbons (Fsp3) is 0.0588. The van der Waals surface area contributed by atoms with Crippen LogP contribution in [0.5, 0.6) is 5.75 Å². The molecule has 7 heteroatoms. The standard InChI is InChI=1S/C17H12N4O3/c1-23-11-8-6-10(7-9-11)16-14(17-18-20-21-19-17)15(22)12-4-2-3-5-13(12)24-16/h2-9H,1H3,(H,18,19,20,21). The molecule has 0 spiro atoms. The molecular weight excluding hydrogens is 308 g/mol. The number of hydrogen-bond acceptors (Lipinski definition) is 6. The van der Waals surface area contributed by atoms with Crippen molar-refractivity contribution in [3.8, 4) is 28.5 Å². The highest BCUT2D eigenvalue weighted by molar-refractivity contribution is 5.87. The summed E-state index contributed by atoms with van der Waals surface area (Å²) >= 11 is 0. The van der Waals surface area contributed by atoms with Gasteiger partial charge in [0.25, 0.3) is 0 Å². The van der Waals surface area contributed by atoms with E-state index in [-0.39, 0.29) is 16.8 Å². The van der Waals surface area contributed by atoms with E-state index >= 15 is 0 Å². The van der Waals surface area contributed by atoms with Crippen molar-refractivity contribution in [3.05, 3.63) is 58.8 Å². The number of para-hydroxylation sites is 1. The van der Waals surface area contributed by atoms with Crippen molar-refractivity contribution in [1.29, 1.82) is 0 Å². The predicted molar refractivity (Wildman–Crippen MR) is 87.6 cm³/mol. The summed E-state index contributed by atoms with van der Waals surface area (Å²) in [4.78, 5) is 12.9. The maximum atomic E-state index is 12.9. The van der Waals surface area contributed by atoms with Gasteiger partial charge in [-0.1, -0.05) is 12.1 Å². The molecule has 0 atom stereocenters. The SMILES string of the molecule is COc1ccc(-c2oc3ccccc3c(=O)c2-c2nn[nH]n2)cc1. The Balaban J connectivity index is 2.05. The lowest BCUT2D eigenvalue weighted by atomic mass is 10.0. The molecule has 2 aromatic carbocycles. The van der Waals surface area contributed by atoms with Crippen molar-refractivity contribution < 1.29 is 9.15 Å². The van der Waals surface area contributed by atoms with E-state index in [0.717, 1.165) is 5.56 Å². The Kier molecular flexibility index (Phi) is 3.31. The minimum atomic E-state index is -0.205. The zero-order chi connectivity index (χ0) is 16.5. The van der Waals surface area contributed by atoms with Crippen molar-refractivity contribution in [1.82, 2.24) is 20.6 Å². The third-order valence-electron chi connectivity index (χ3n) is 3.72. The van der Waals surface area contributed by atoms with Crippen LogP contribution < -0.4 is 10.2 Å². The number of tetrazole rings is 1. The molecule has 0 unspecified atom stereocenters. The van der Waals surface area contributed by atoms with Crippen LogP contribution in [0.4, 0.5) is 0 Å². The molecule has 118 valence electrons. The minimum Gasteiger partial charge on any atom is -0.497 e. The normalized spacial score (nSPS) is 10.9. The Bertz CT molecular complexity index is 1050. The number of fused-ring (bicyclic) bond motifs is 1. The molecule has 0 radical (unpaired) electrons. The first-order valence-electron chi connectivity index (χ1n) is 7.22. The minimum absolute atomic E-state index is 0.195. The Morgan fingerprint density at radius 2 is 1.88 bits per heavy atom. The van der Waals surface area contributed by atoms with Crippen molar-refractivity contribution in [3.63, 3.8) is 0 Å². The fourth-order valence-corrected chi connectivity index (χ4v) is 2.56. The summed E-state index contributed by atoms with van der Waals surface area (Å²) in [6.07, 6.45) is 0. The van der Waals surface area contributed by atoms with Gasteiger partial charge >= 0.3 is 0 Å². The van der Waals surface area contributed by atoms with Gasteiger partial charge in [0.2, 0.25) is 11.3 Å². The Hall–Kier alpha value is -3.48. The Labute approximate surface area is 135 Å². The van der Waals surface area contributed by atoms with Crippen LogP contribution in [0, 0.1) is 0 Å². The summed E-state index contributed by atoms with van der Waals surface area (Å²) in [5.74, 6) is 1.30. The zero-order valence-corrected chi connectivity index (χ0v) is 12.7. The average molecular weight is 320 g/mol. The number of nitrogens with zero attached hydrogens (tertiary/aromatic N) is 3. The molecule has 0 saturated carbocycles. The monoisotopic (exact) mass is 320 g/mol. The Morgan fingerprint density at radius 3 is 2.58 bits per heavy atom. The van der Waals surface area contributed by atoms with Crippen molar-refractivity contribution in [2.45, 2.75) is 0 Å². The largest absolute Gasteiger partial charge is 0.497 e. The van der Waals surface area contributed by atoms with Gasteiger partial charge in [0.1, 0.15) is 22.7 Å². The maximum Gasteiger partial charge on any atom is 0.212 e. The van der Waals surface area contributed by atoms with Gasteiger partial charge in [-0.15, -0.1) is 10.2 Å². The highest BCUT2D eigenvalue weighted by Crippen LogP contribution is 2.31. The van der Waals surface area contributed by atoms with Gasteiger partial charge < -0.3 is 9.15 Å². The number of nitrogens with one attached hydrogen (secondary N) is 1. The van der Waals surface area contributed by atoms with E-state index in [1.807, 2.05) is 18.2 Å². The lowest BCUT2D eigenvalue weighted by Gasteiger charge is -2.08. The van der Waals surface area contributed by atoms with Gasteiger partial charge in [-0.25, -0.2) is 0 Å². The van der Waals surface area contributed by atoms with Crippen molar-refractivity contribution >= 4 is 11.0 Å². The smallest absolute Gasteiger partial charge is 0.212 e. The molecule has 4 rings (SSSR count). The van der Waals surface area contributed by atoms with Crippen LogP contribution in [-0.2, 0) is 0 Å². The lowest BCUT2D eigenvalue weighted by Crippen LogP contribution is -2.08. The highest BCUT2D eigenvalue weighted by atomic mass is 16.5. The van der Waals surface area contributed by atoms with E-state index in [2.05, 4.69) is 20.6 Å². The number of H-pyrrole nitrogens is 1. The number of ether oxygens (including phenoxy) is 1. The van der Waals surface area contributed by atoms with E-state index in [4.69, 9.17) is 9.15 Å². The molecular formula is C17H12N4O3. The predicted octanol–water partition coefficient (Wildman–Crippen LogP) is 2.65. The summed E-state index contributed by atoms with van der Waals surface area (Å²) in [7, 11) is 1.59. The first-order valence-corrected chi connectivity index (χ1v) is 7.22. The van der Waals surface area contributed by atoms with Crippen LogP contribution in [0.3, 0.4) is 0 Å². The Morgan fingerprint density at radius 1 is 1.08 bits per heavy atom. The van der Waals surface area contributed by atoms with Crippen molar-refractivity contribution in [2.24, 2.45) is 0 Å². The van der Waals surface area contributed by atoms with Crippen molar-refractivity contribution in [2.75, 3.05) is 7.11 Å². The van der Waals surface area contributed by atoms with E-state index in [1.54, 1.807) is 37.4 Å². The molecule has 0 saturated heterocycles. The molecule has 1 N–H and O–H groups in total. The third kappa shape index (κ3) is 2.23. The molecule has 0 amide bonds. The van der Waals surface area contributed by atoms with Gasteiger partial charge in [0.15, 0.2) is 0 Å². The third-order valence-corrected chi connectivity index (χ3v) is 3.72. The number of aromatic amines is 1. The molecule has 0 bridgehead atoms. The summed E-state index contributed by atoms with van der Waals surface area (Å²) in [6.45, 7) is 0. The van der Waals surface area contributed by atoms with Crippen LogP contribution in [-0.4, -0.2) is 27.7 Å². The van der Waals surface area contributed by atoms with Gasteiger partial charge in [-0.2, -0.15) is 5.21 Å². The number of benzene rings is 2. The number of aromatic nitrogens is 4. The summed E-state index contributed by atoms with van der Waals surface area (Å²) in [6, 6.07) is 14.3. The van der Waals surface area contributed by atoms with Gasteiger partial charge in [0, 0.05) is 5.56 Å². The molecule has 0 aliphatic heterocycles. The van der Waals surface area contributed by atoms with Crippen LogP contribution in [0.1, 0.15) is 0 Å². The van der Waals surface area contributed by atoms with Crippen LogP contribution in [0.2, 0.25) is 0 Å². The second kappa shape index (κ2) is 5.62. The van der Waals surface area contributed by atoms with Gasteiger partial charge in [-0.3, -0.25) is 4.79 Å². The second-order valence-corrected chi connectivity index (χ2v) is 5.10. The number of rotatable bonds is 3. The molecule has 7 nitrogen and oxygen atoms in total. The second-order valence-electron chi connectivity index (χ2n) is 5.10. The molecule has 4 aromatic rings. The van der Waals surface area contributed by atoms with Crippen LogP contribution in [0.15, 0.2) is 57.7 Å². The first kappa shape index (κ1) is 14.1. The molecule has 0 aliphatic carbocycles. The molecule has 2 heterocycles. The maximum absolute atomic E-state index is 12.9. The van der Waals surface area contributed by atoms with Crippen LogP contribution >= 0.6 is 0 Å². The van der Waals surface area contributed by atoms with E-state index < -0.39 is 0 Å². The average Bonchev–Trinajstić information content (AvgIpc) is 3.16. The first-order chi connectivity index (χ1) is 11.8. The van der Waals surface area contributed by atoms with E-state index in [9.17, 15) is 4.79 Å². The summed E-state index contributed by atoms with van der Waals surface area (Å²) < 4.78 is 11.2. The summed E-state index contributed by atoms with van der Waals surface area (Å²) in [5, 5.41) is 14.3. The topological polar surface area (TPSA) is 93.9 Å². The number of hydrogen-bond donors (Lipinski definition) is 1. The van der Waals surface area contributed by atoms with E-state index in [1.165, 1.54) is 0 Å². The molecule has 2 aromatic heterocycles. The van der Waals surface area contributed by atoms with Crippen LogP contribution in [0.25, 0.3) is 33.7 Å². The highest BCUT2D eigenvalue weighted by Gasteiger charge is 2.20. The number of methoxy groups -OCH3 is 1. The molecule has 24 heavy (non-hydrogen) atoms. The van der Waals surface area contributed by atoms with Gasteiger partial charge in [0.05, 0.1) is 12.5 Å². The lowest BCUT2D eigenvalue weighted by molar-refractivity contribution is 0.415. The quantitative estimate of drug-likeness (QED) is 0.623. The summed E-state index contributed by atoms with van der Waals surface area (Å²) in [5.41, 5.74) is 1.29. The molecule has 0 fully saturated rings. The van der Waals surface area contributed by atoms with Gasteiger partial charge in [-0.05, 0) is 41.6 Å². The molecule has 0 aliphatic rings.